The van der Waals surface area contributed by atoms with Crippen LogP contribution >= 0.6 is 0 Å². The van der Waals surface area contributed by atoms with Gasteiger partial charge in [0.15, 0.2) is 0 Å². The molecule has 1 N–H and O–H groups in total. The van der Waals surface area contributed by atoms with Crippen LogP contribution in [0.1, 0.15) is 18.1 Å². The second kappa shape index (κ2) is 5.39. The third kappa shape index (κ3) is 3.46. The number of benzene rings is 1. The number of carbonyl (C=O) groups excluding carboxylic acids is 1. The molecular formula is C12H13FO3. The maximum atomic E-state index is 13.5. The molecule has 86 valence electrons. The summed E-state index contributed by atoms with van der Waals surface area (Å²) in [6, 6.07) is 4.32. The zero-order valence-electron chi connectivity index (χ0n) is 8.94. The molecule has 16 heavy (non-hydrogen) atoms. The van der Waals surface area contributed by atoms with Crippen LogP contribution in [0.15, 0.2) is 18.2 Å². The summed E-state index contributed by atoms with van der Waals surface area (Å²) in [5.74, 6) is -1.68. The highest BCUT2D eigenvalue weighted by Crippen LogP contribution is 2.14. The molecule has 1 atom stereocenters. The van der Waals surface area contributed by atoms with Gasteiger partial charge in [0, 0.05) is 5.92 Å². The van der Waals surface area contributed by atoms with Gasteiger partial charge in [0.25, 0.3) is 0 Å². The van der Waals surface area contributed by atoms with Gasteiger partial charge >= 0.3 is 5.97 Å². The average Bonchev–Trinajstić information content (AvgIpc) is 2.21. The fourth-order valence-electron chi connectivity index (χ4n) is 1.44. The lowest BCUT2D eigenvalue weighted by molar-refractivity contribution is -0.136. The van der Waals surface area contributed by atoms with Gasteiger partial charge in [-0.05, 0) is 23.6 Å². The summed E-state index contributed by atoms with van der Waals surface area (Å²) in [5, 5.41) is 8.54. The van der Waals surface area contributed by atoms with Crippen LogP contribution in [0.5, 0.6) is 0 Å². The Bertz CT molecular complexity index is 401. The Hall–Kier alpha value is -1.71. The molecule has 0 aromatic heterocycles. The molecular weight excluding hydrogens is 211 g/mol. The molecule has 0 saturated carbocycles. The van der Waals surface area contributed by atoms with Gasteiger partial charge in [0.1, 0.15) is 12.1 Å². The molecule has 1 aromatic rings. The Kier molecular flexibility index (Phi) is 4.17. The third-order valence-electron chi connectivity index (χ3n) is 2.25. The van der Waals surface area contributed by atoms with Gasteiger partial charge in [-0.15, -0.1) is 0 Å². The maximum absolute atomic E-state index is 13.5. The molecule has 1 aromatic carbocycles. The van der Waals surface area contributed by atoms with Gasteiger partial charge in [0.05, 0.1) is 6.42 Å². The highest BCUT2D eigenvalue weighted by atomic mass is 19.1. The van der Waals surface area contributed by atoms with E-state index in [1.807, 2.05) is 0 Å². The minimum atomic E-state index is -0.992. The van der Waals surface area contributed by atoms with Gasteiger partial charge < -0.3 is 9.90 Å². The monoisotopic (exact) mass is 224 g/mol. The second-order valence-electron chi connectivity index (χ2n) is 3.81. The van der Waals surface area contributed by atoms with Crippen molar-refractivity contribution in [3.63, 3.8) is 0 Å². The lowest BCUT2D eigenvalue weighted by Crippen LogP contribution is -2.05. The van der Waals surface area contributed by atoms with E-state index >= 15 is 0 Å². The summed E-state index contributed by atoms with van der Waals surface area (Å²) in [7, 11) is 0. The zero-order valence-corrected chi connectivity index (χ0v) is 8.94. The molecule has 0 aliphatic heterocycles. The summed E-state index contributed by atoms with van der Waals surface area (Å²) in [4.78, 5) is 20.9. The van der Waals surface area contributed by atoms with Crippen molar-refractivity contribution in [3.8, 4) is 0 Å². The van der Waals surface area contributed by atoms with Crippen molar-refractivity contribution < 1.29 is 19.1 Å². The first-order valence-electron chi connectivity index (χ1n) is 4.97. The van der Waals surface area contributed by atoms with Crippen molar-refractivity contribution in [2.45, 2.75) is 19.8 Å². The molecule has 3 nitrogen and oxygen atoms in total. The number of hydrogen-bond donors (Lipinski definition) is 1. The Morgan fingerprint density at radius 1 is 1.56 bits per heavy atom. The van der Waals surface area contributed by atoms with E-state index in [-0.39, 0.29) is 12.3 Å². The van der Waals surface area contributed by atoms with E-state index in [0.29, 0.717) is 17.5 Å². The van der Waals surface area contributed by atoms with Crippen molar-refractivity contribution in [2.24, 2.45) is 5.92 Å². The summed E-state index contributed by atoms with van der Waals surface area (Å²) in [5.41, 5.74) is 0.862. The first-order chi connectivity index (χ1) is 7.52. The van der Waals surface area contributed by atoms with Crippen molar-refractivity contribution in [3.05, 3.63) is 35.1 Å². The van der Waals surface area contributed by atoms with Gasteiger partial charge in [0.2, 0.25) is 0 Å². The van der Waals surface area contributed by atoms with E-state index in [1.54, 1.807) is 13.0 Å². The molecule has 1 unspecified atom stereocenters. The number of carboxylic acids is 1. The molecule has 0 aliphatic rings. The van der Waals surface area contributed by atoms with E-state index in [2.05, 4.69) is 0 Å². The molecule has 0 bridgehead atoms. The smallest absolute Gasteiger partial charge is 0.307 e. The second-order valence-corrected chi connectivity index (χ2v) is 3.81. The molecule has 1 rings (SSSR count). The molecule has 0 aliphatic carbocycles. The van der Waals surface area contributed by atoms with E-state index in [9.17, 15) is 14.0 Å². The van der Waals surface area contributed by atoms with Crippen LogP contribution < -0.4 is 0 Å². The first-order valence-corrected chi connectivity index (χ1v) is 4.97. The normalized spacial score (nSPS) is 12.1. The number of carboxylic acid groups (broad SMARTS) is 1. The van der Waals surface area contributed by atoms with Gasteiger partial charge in [-0.2, -0.15) is 0 Å². The largest absolute Gasteiger partial charge is 0.481 e. The fourth-order valence-corrected chi connectivity index (χ4v) is 1.44. The summed E-state index contributed by atoms with van der Waals surface area (Å²) >= 11 is 0. The molecule has 0 radical (unpaired) electrons. The maximum Gasteiger partial charge on any atom is 0.307 e. The lowest BCUT2D eigenvalue weighted by Gasteiger charge is -2.06. The van der Waals surface area contributed by atoms with Crippen LogP contribution in [0.25, 0.3) is 0 Å². The van der Waals surface area contributed by atoms with Crippen molar-refractivity contribution in [1.29, 1.82) is 0 Å². The number of halogens is 1. The number of hydrogen-bond acceptors (Lipinski definition) is 2. The topological polar surface area (TPSA) is 54.4 Å². The van der Waals surface area contributed by atoms with E-state index in [4.69, 9.17) is 5.11 Å². The minimum Gasteiger partial charge on any atom is -0.481 e. The lowest BCUT2D eigenvalue weighted by atomic mass is 10.00. The van der Waals surface area contributed by atoms with E-state index < -0.39 is 11.8 Å². The van der Waals surface area contributed by atoms with Crippen molar-refractivity contribution in [1.82, 2.24) is 0 Å². The summed E-state index contributed by atoms with van der Waals surface area (Å²) in [6.07, 6.45) is 0.910. The van der Waals surface area contributed by atoms with E-state index in [0.717, 1.165) is 6.29 Å². The van der Waals surface area contributed by atoms with Gasteiger partial charge in [-0.1, -0.05) is 19.1 Å². The fraction of sp³-hybridized carbons (Fsp3) is 0.333. The molecule has 0 amide bonds. The number of carbonyl (C=O) groups is 2. The number of aliphatic carboxylic acids is 1. The molecule has 0 fully saturated rings. The highest BCUT2D eigenvalue weighted by molar-refractivity contribution is 5.70. The minimum absolute atomic E-state index is 0.194. The van der Waals surface area contributed by atoms with Crippen molar-refractivity contribution in [2.75, 3.05) is 0 Å². The Balaban J connectivity index is 2.82. The van der Waals surface area contributed by atoms with Gasteiger partial charge in [-0.3, -0.25) is 4.79 Å². The standard InChI is InChI=1S/C12H13FO3/c1-8(7-14)4-10-3-2-9(5-11(10)13)6-12(15)16/h2-3,5,7-8H,4,6H2,1H3,(H,15,16). The predicted molar refractivity (Wildman–Crippen MR) is 56.7 cm³/mol. The third-order valence-corrected chi connectivity index (χ3v) is 2.25. The number of aldehydes is 1. The van der Waals surface area contributed by atoms with Crippen LogP contribution in [0.4, 0.5) is 4.39 Å². The number of rotatable bonds is 5. The quantitative estimate of drug-likeness (QED) is 0.776. The summed E-state index contributed by atoms with van der Waals surface area (Å²) in [6.45, 7) is 1.71. The van der Waals surface area contributed by atoms with Crippen LogP contribution in [-0.2, 0) is 22.4 Å². The van der Waals surface area contributed by atoms with Gasteiger partial charge in [-0.25, -0.2) is 4.39 Å². The zero-order chi connectivity index (χ0) is 12.1. The highest BCUT2D eigenvalue weighted by Gasteiger charge is 2.09. The SMILES string of the molecule is CC(C=O)Cc1ccc(CC(=O)O)cc1F. The Morgan fingerprint density at radius 2 is 2.25 bits per heavy atom. The molecule has 0 spiro atoms. The van der Waals surface area contributed by atoms with Crippen LogP contribution in [0.2, 0.25) is 0 Å². The summed E-state index contributed by atoms with van der Waals surface area (Å²) < 4.78 is 13.5. The molecule has 0 heterocycles. The van der Waals surface area contributed by atoms with Crippen molar-refractivity contribution >= 4 is 12.3 Å². The van der Waals surface area contributed by atoms with E-state index in [1.165, 1.54) is 12.1 Å². The first kappa shape index (κ1) is 12.4. The molecule has 4 heteroatoms. The van der Waals surface area contributed by atoms with Crippen LogP contribution in [0, 0.1) is 11.7 Å². The van der Waals surface area contributed by atoms with Crippen LogP contribution in [-0.4, -0.2) is 17.4 Å². The van der Waals surface area contributed by atoms with Crippen LogP contribution in [0.3, 0.4) is 0 Å². The predicted octanol–water partition coefficient (Wildman–Crippen LogP) is 1.83. The molecule has 0 saturated heterocycles. The average molecular weight is 224 g/mol. The Morgan fingerprint density at radius 3 is 2.75 bits per heavy atom. The Labute approximate surface area is 92.9 Å².